The van der Waals surface area contributed by atoms with Crippen molar-refractivity contribution >= 4 is 87.0 Å². The third kappa shape index (κ3) is 12.1. The smallest absolute Gasteiger partial charge is 0.164 e. The lowest BCUT2D eigenvalue weighted by Crippen LogP contribution is -2.00. The highest BCUT2D eigenvalue weighted by Gasteiger charge is 2.25. The number of fused-ring (bicyclic) bond motifs is 13. The molecule has 0 spiro atoms. The number of nitrogens with zero attached hydrogens (tertiary/aromatic N) is 9. The van der Waals surface area contributed by atoms with E-state index in [1.807, 2.05) is 48.5 Å². The van der Waals surface area contributed by atoms with Gasteiger partial charge in [0.15, 0.2) is 23.3 Å². The Morgan fingerprint density at radius 2 is 0.500 bits per heavy atom. The highest BCUT2D eigenvalue weighted by Crippen LogP contribution is 2.45. The van der Waals surface area contributed by atoms with Gasteiger partial charge in [0.2, 0.25) is 0 Å². The summed E-state index contributed by atoms with van der Waals surface area (Å²) >= 11 is 0. The molecular formula is C105H67N9. The van der Waals surface area contributed by atoms with Gasteiger partial charge in [0, 0.05) is 88.2 Å². The lowest BCUT2D eigenvalue weighted by atomic mass is 9.96. The van der Waals surface area contributed by atoms with Gasteiger partial charge < -0.3 is 9.13 Å². The Morgan fingerprint density at radius 3 is 0.982 bits per heavy atom. The number of pyridine rings is 2. The molecule has 0 saturated heterocycles. The first-order chi connectivity index (χ1) is 56.5. The number of benzene rings is 16. The van der Waals surface area contributed by atoms with Crippen LogP contribution in [-0.4, -0.2) is 44.0 Å². The van der Waals surface area contributed by atoms with Gasteiger partial charge in [0.25, 0.3) is 0 Å². The Morgan fingerprint density at radius 1 is 0.175 bits per heavy atom. The fourth-order valence-corrected chi connectivity index (χ4v) is 16.4. The average Bonchev–Trinajstić information content (AvgIpc) is 1.56. The Labute approximate surface area is 657 Å². The van der Waals surface area contributed by atoms with Crippen molar-refractivity contribution in [3.63, 3.8) is 0 Å². The largest absolute Gasteiger partial charge is 0.308 e. The Balaban J connectivity index is 0.000000144. The van der Waals surface area contributed by atoms with Gasteiger partial charge >= 0.3 is 0 Å². The summed E-state index contributed by atoms with van der Waals surface area (Å²) < 4.78 is 4.76. The summed E-state index contributed by atoms with van der Waals surface area (Å²) in [5.41, 5.74) is 24.7. The van der Waals surface area contributed by atoms with E-state index in [1.54, 1.807) is 0 Å². The highest BCUT2D eigenvalue weighted by molar-refractivity contribution is 6.24. The molecule has 0 aliphatic carbocycles. The van der Waals surface area contributed by atoms with Crippen molar-refractivity contribution in [2.45, 2.75) is 0 Å². The molecule has 0 bridgehead atoms. The van der Waals surface area contributed by atoms with Gasteiger partial charge in [-0.15, -0.1) is 0 Å². The summed E-state index contributed by atoms with van der Waals surface area (Å²) in [7, 11) is 0. The van der Waals surface area contributed by atoms with Crippen LogP contribution < -0.4 is 0 Å². The van der Waals surface area contributed by atoms with Gasteiger partial charge in [0.1, 0.15) is 0 Å². The van der Waals surface area contributed by atoms with Crippen molar-refractivity contribution in [3.8, 4) is 124 Å². The van der Waals surface area contributed by atoms with Crippen LogP contribution in [0.15, 0.2) is 406 Å². The minimum atomic E-state index is 0.601. The minimum Gasteiger partial charge on any atom is -0.308 e. The zero-order valence-corrected chi connectivity index (χ0v) is 61.7. The predicted molar refractivity (Wildman–Crippen MR) is 471 cm³/mol. The van der Waals surface area contributed by atoms with Gasteiger partial charge in [0.05, 0.1) is 55.9 Å². The number of aromatic nitrogens is 9. The van der Waals surface area contributed by atoms with Crippen molar-refractivity contribution in [1.29, 1.82) is 0 Å². The standard InChI is InChI=1S/C54H35N5.C51H32N4/c1-5-17-36(18-6-1)41-33-42(37-19-7-2-8-20-37)35-43(34-41)54-57-52(39-21-9-3-10-22-39)56-53(58-54)40-31-29-38(30-32-40)50-49-46-26-14-16-28-48(46)59(44-23-11-4-12-24-44)51(49)45-25-13-15-27-47(45)55-50;1-3-14-35(15-4-1)45-32-46(38-30-25-34-24-23-33-13-7-8-18-40(33)43(34)31-38)54-51(53-45)37-28-26-36(27-29-37)49-48-42-20-10-12-22-47(42)55(39-16-5-2-6-17-39)50(48)41-19-9-11-21-44(41)52-49/h1-35H;1-32H. The molecule has 0 saturated carbocycles. The summed E-state index contributed by atoms with van der Waals surface area (Å²) in [6, 6.07) is 142. The van der Waals surface area contributed by atoms with Crippen molar-refractivity contribution in [2.24, 2.45) is 0 Å². The molecule has 6 aromatic heterocycles. The molecule has 114 heavy (non-hydrogen) atoms. The molecule has 0 amide bonds. The molecule has 532 valence electrons. The first-order valence-corrected chi connectivity index (χ1v) is 38.4. The zero-order chi connectivity index (χ0) is 75.4. The molecule has 0 aliphatic heterocycles. The van der Waals surface area contributed by atoms with Gasteiger partial charge in [-0.1, -0.05) is 328 Å². The Hall–Kier alpha value is -15.5. The molecule has 16 aromatic carbocycles. The summed E-state index contributed by atoms with van der Waals surface area (Å²) in [4.78, 5) is 36.5. The van der Waals surface area contributed by atoms with Crippen LogP contribution in [0.1, 0.15) is 0 Å². The molecule has 9 heteroatoms. The maximum atomic E-state index is 5.35. The number of hydrogen-bond donors (Lipinski definition) is 0. The van der Waals surface area contributed by atoms with E-state index in [0.29, 0.717) is 23.3 Å². The number of rotatable bonds is 12. The molecule has 0 N–H and O–H groups in total. The van der Waals surface area contributed by atoms with Crippen molar-refractivity contribution in [2.75, 3.05) is 0 Å². The van der Waals surface area contributed by atoms with E-state index in [-0.39, 0.29) is 0 Å². The van der Waals surface area contributed by atoms with E-state index >= 15 is 0 Å². The van der Waals surface area contributed by atoms with Crippen LogP contribution in [0.25, 0.3) is 211 Å². The van der Waals surface area contributed by atoms with E-state index < -0.39 is 0 Å². The maximum absolute atomic E-state index is 5.35. The molecule has 6 heterocycles. The van der Waals surface area contributed by atoms with Crippen LogP contribution in [-0.2, 0) is 0 Å². The van der Waals surface area contributed by atoms with E-state index in [0.717, 1.165) is 161 Å². The normalized spacial score (nSPS) is 11.5. The van der Waals surface area contributed by atoms with E-state index in [9.17, 15) is 0 Å². The fourth-order valence-electron chi connectivity index (χ4n) is 16.4. The van der Waals surface area contributed by atoms with Crippen LogP contribution in [0.5, 0.6) is 0 Å². The first-order valence-electron chi connectivity index (χ1n) is 38.4. The van der Waals surface area contributed by atoms with Crippen molar-refractivity contribution < 1.29 is 0 Å². The monoisotopic (exact) mass is 1450 g/mol. The fraction of sp³-hybridized carbons (Fsp3) is 0. The lowest BCUT2D eigenvalue weighted by molar-refractivity contribution is 1.07. The summed E-state index contributed by atoms with van der Waals surface area (Å²) in [5.74, 6) is 2.51. The average molecular weight is 1450 g/mol. The molecule has 0 fully saturated rings. The molecule has 0 atom stereocenters. The van der Waals surface area contributed by atoms with Gasteiger partial charge in [-0.05, 0) is 123 Å². The summed E-state index contributed by atoms with van der Waals surface area (Å²) in [6.45, 7) is 0. The maximum Gasteiger partial charge on any atom is 0.164 e. The van der Waals surface area contributed by atoms with E-state index in [2.05, 4.69) is 367 Å². The SMILES string of the molecule is c1ccc(-c2cc(-c3ccc4ccc5ccccc5c4c3)nc(-c3ccc(-c4nc5ccccc5c5c4c4ccccc4n5-c4ccccc4)cc3)n2)cc1.c1ccc(-c2cc(-c3ccccc3)cc(-c3nc(-c4ccccc4)nc(-c4ccc(-c5nc6ccccc6c6c5c5ccccc5n6-c5ccccc5)cc4)n3)c2)cc1. The molecule has 22 aromatic rings. The van der Waals surface area contributed by atoms with Crippen LogP contribution in [0.2, 0.25) is 0 Å². The summed E-state index contributed by atoms with van der Waals surface area (Å²) in [6.07, 6.45) is 0. The molecule has 9 nitrogen and oxygen atoms in total. The van der Waals surface area contributed by atoms with Crippen LogP contribution in [0.3, 0.4) is 0 Å². The highest BCUT2D eigenvalue weighted by atomic mass is 15.0. The van der Waals surface area contributed by atoms with E-state index in [1.165, 1.54) is 26.9 Å². The zero-order valence-electron chi connectivity index (χ0n) is 61.7. The third-order valence-electron chi connectivity index (χ3n) is 21.8. The second-order valence-corrected chi connectivity index (χ2v) is 28.7. The van der Waals surface area contributed by atoms with Crippen molar-refractivity contribution in [3.05, 3.63) is 406 Å². The van der Waals surface area contributed by atoms with Gasteiger partial charge in [-0.25, -0.2) is 34.9 Å². The predicted octanol–water partition coefficient (Wildman–Crippen LogP) is 26.6. The van der Waals surface area contributed by atoms with Crippen LogP contribution in [0.4, 0.5) is 0 Å². The molecular weight excluding hydrogens is 1390 g/mol. The molecule has 0 aliphatic rings. The topological polar surface area (TPSA) is 100 Å². The van der Waals surface area contributed by atoms with Crippen LogP contribution in [0, 0.1) is 0 Å². The second-order valence-electron chi connectivity index (χ2n) is 28.7. The Bertz CT molecular complexity index is 7360. The number of para-hydroxylation sites is 6. The summed E-state index contributed by atoms with van der Waals surface area (Å²) in [5, 5.41) is 11.7. The minimum absolute atomic E-state index is 0.601. The first kappa shape index (κ1) is 66.7. The third-order valence-corrected chi connectivity index (χ3v) is 21.8. The second kappa shape index (κ2) is 28.5. The number of hydrogen-bond acceptors (Lipinski definition) is 7. The lowest BCUT2D eigenvalue weighted by Gasteiger charge is -2.13. The van der Waals surface area contributed by atoms with Crippen molar-refractivity contribution in [1.82, 2.24) is 44.0 Å². The van der Waals surface area contributed by atoms with Gasteiger partial charge in [-0.2, -0.15) is 0 Å². The van der Waals surface area contributed by atoms with E-state index in [4.69, 9.17) is 34.9 Å². The van der Waals surface area contributed by atoms with Gasteiger partial charge in [-0.3, -0.25) is 0 Å². The Kier molecular flexibility index (Phi) is 16.7. The quantitative estimate of drug-likeness (QED) is 0.112. The molecule has 0 unspecified atom stereocenters. The molecule has 22 rings (SSSR count). The molecule has 0 radical (unpaired) electrons. The van der Waals surface area contributed by atoms with Crippen LogP contribution >= 0.6 is 0 Å².